The molecule has 0 saturated carbocycles. The second kappa shape index (κ2) is 6.67. The van der Waals surface area contributed by atoms with E-state index in [4.69, 9.17) is 16.3 Å². The summed E-state index contributed by atoms with van der Waals surface area (Å²) >= 11 is 9.30. The van der Waals surface area contributed by atoms with Gasteiger partial charge in [0, 0.05) is 12.1 Å². The summed E-state index contributed by atoms with van der Waals surface area (Å²) in [5.74, 6) is -0.391. The van der Waals surface area contributed by atoms with E-state index in [0.29, 0.717) is 23.7 Å². The van der Waals surface area contributed by atoms with Crippen molar-refractivity contribution < 1.29 is 9.53 Å². The quantitative estimate of drug-likeness (QED) is 0.665. The minimum absolute atomic E-state index is 0.317. The number of nitrogens with one attached hydrogen (secondary N) is 1. The summed E-state index contributed by atoms with van der Waals surface area (Å²) in [6.07, 6.45) is 0. The van der Waals surface area contributed by atoms with Crippen LogP contribution in [0.2, 0.25) is 5.02 Å². The third-order valence-corrected chi connectivity index (χ3v) is 3.41. The van der Waals surface area contributed by atoms with E-state index in [0.717, 1.165) is 10.2 Å². The molecule has 0 fully saturated rings. The zero-order valence-corrected chi connectivity index (χ0v) is 11.8. The smallest absolute Gasteiger partial charge is 0.335 e. The highest BCUT2D eigenvalue weighted by Gasteiger charge is 2.09. The Bertz CT molecular complexity index is 435. The van der Waals surface area contributed by atoms with Gasteiger partial charge in [0.25, 0.3) is 0 Å². The van der Waals surface area contributed by atoms with Crippen LogP contribution in [0.3, 0.4) is 0 Å². The van der Waals surface area contributed by atoms with Crippen molar-refractivity contribution in [1.82, 2.24) is 0 Å². The van der Waals surface area contributed by atoms with Gasteiger partial charge in [-0.05, 0) is 35.0 Å². The van der Waals surface area contributed by atoms with E-state index >= 15 is 0 Å². The average Bonchev–Trinajstić information content (AvgIpc) is 2.31. The molecule has 0 saturated heterocycles. The van der Waals surface area contributed by atoms with Crippen molar-refractivity contribution in [3.63, 3.8) is 0 Å². The molecular formula is C12H13BrClNO2. The molecule has 0 unspecified atom stereocenters. The third-order valence-electron chi connectivity index (χ3n) is 2.01. The zero-order valence-electron chi connectivity index (χ0n) is 9.43. The van der Waals surface area contributed by atoms with Crippen LogP contribution in [-0.2, 0) is 9.53 Å². The SMILES string of the molecule is C=C(CNc1cccc(Cl)c1Br)C(=O)OCC. The van der Waals surface area contributed by atoms with Crippen LogP contribution in [0.25, 0.3) is 0 Å². The van der Waals surface area contributed by atoms with Gasteiger partial charge in [-0.25, -0.2) is 4.79 Å². The molecule has 0 spiro atoms. The van der Waals surface area contributed by atoms with Crippen molar-refractivity contribution in [2.45, 2.75) is 6.92 Å². The van der Waals surface area contributed by atoms with E-state index in [1.165, 1.54) is 0 Å². The monoisotopic (exact) mass is 317 g/mol. The van der Waals surface area contributed by atoms with Crippen molar-refractivity contribution >= 4 is 39.2 Å². The molecule has 0 aliphatic rings. The number of hydrogen-bond donors (Lipinski definition) is 1. The maximum atomic E-state index is 11.3. The van der Waals surface area contributed by atoms with Crippen LogP contribution in [0.15, 0.2) is 34.8 Å². The largest absolute Gasteiger partial charge is 0.463 e. The molecule has 0 amide bonds. The Morgan fingerprint density at radius 2 is 2.29 bits per heavy atom. The molecule has 92 valence electrons. The maximum Gasteiger partial charge on any atom is 0.335 e. The maximum absolute atomic E-state index is 11.3. The fourth-order valence-electron chi connectivity index (χ4n) is 1.15. The van der Waals surface area contributed by atoms with E-state index in [1.54, 1.807) is 13.0 Å². The fraction of sp³-hybridized carbons (Fsp3) is 0.250. The highest BCUT2D eigenvalue weighted by Crippen LogP contribution is 2.29. The molecule has 1 aromatic carbocycles. The topological polar surface area (TPSA) is 38.3 Å². The number of hydrogen-bond acceptors (Lipinski definition) is 3. The van der Waals surface area contributed by atoms with Gasteiger partial charge in [-0.3, -0.25) is 0 Å². The fourth-order valence-corrected chi connectivity index (χ4v) is 1.73. The molecule has 1 rings (SSSR count). The Morgan fingerprint density at radius 1 is 1.59 bits per heavy atom. The number of rotatable bonds is 5. The first-order valence-electron chi connectivity index (χ1n) is 5.09. The van der Waals surface area contributed by atoms with Gasteiger partial charge in [-0.15, -0.1) is 0 Å². The van der Waals surface area contributed by atoms with Gasteiger partial charge < -0.3 is 10.1 Å². The Labute approximate surface area is 114 Å². The molecule has 0 bridgehead atoms. The summed E-state index contributed by atoms with van der Waals surface area (Å²) in [6.45, 7) is 6.07. The van der Waals surface area contributed by atoms with Crippen molar-refractivity contribution in [1.29, 1.82) is 0 Å². The number of anilines is 1. The Morgan fingerprint density at radius 3 is 2.94 bits per heavy atom. The van der Waals surface area contributed by atoms with Gasteiger partial charge in [-0.2, -0.15) is 0 Å². The zero-order chi connectivity index (χ0) is 12.8. The average molecular weight is 319 g/mol. The molecular weight excluding hydrogens is 305 g/mol. The lowest BCUT2D eigenvalue weighted by Crippen LogP contribution is -2.14. The molecule has 0 heterocycles. The Balaban J connectivity index is 2.59. The molecule has 0 aromatic heterocycles. The molecule has 3 nitrogen and oxygen atoms in total. The van der Waals surface area contributed by atoms with Crippen LogP contribution in [0.5, 0.6) is 0 Å². The standard InChI is InChI=1S/C12H13BrClNO2/c1-3-17-12(16)8(2)7-15-10-6-4-5-9(14)11(10)13/h4-6,15H,2-3,7H2,1H3. The highest BCUT2D eigenvalue weighted by atomic mass is 79.9. The van der Waals surface area contributed by atoms with Crippen molar-refractivity contribution in [2.75, 3.05) is 18.5 Å². The summed E-state index contributed by atoms with van der Waals surface area (Å²) < 4.78 is 5.59. The van der Waals surface area contributed by atoms with E-state index in [9.17, 15) is 4.79 Å². The number of carbonyl (C=O) groups is 1. The molecule has 5 heteroatoms. The van der Waals surface area contributed by atoms with Crippen LogP contribution >= 0.6 is 27.5 Å². The summed E-state index contributed by atoms with van der Waals surface area (Å²) in [5.41, 5.74) is 1.18. The Hall–Kier alpha value is -1.00. The third kappa shape index (κ3) is 4.06. The number of carbonyl (C=O) groups excluding carboxylic acids is 1. The van der Waals surface area contributed by atoms with E-state index in [-0.39, 0.29) is 0 Å². The summed E-state index contributed by atoms with van der Waals surface area (Å²) in [4.78, 5) is 11.3. The van der Waals surface area contributed by atoms with Gasteiger partial charge in [0.05, 0.1) is 21.8 Å². The van der Waals surface area contributed by atoms with E-state index in [1.807, 2.05) is 12.1 Å². The molecule has 0 aliphatic carbocycles. The minimum atomic E-state index is -0.391. The van der Waals surface area contributed by atoms with Crippen LogP contribution in [0.1, 0.15) is 6.92 Å². The Kier molecular flexibility index (Phi) is 5.51. The van der Waals surface area contributed by atoms with Crippen LogP contribution < -0.4 is 5.32 Å². The second-order valence-electron chi connectivity index (χ2n) is 3.28. The van der Waals surface area contributed by atoms with Crippen molar-refractivity contribution in [3.8, 4) is 0 Å². The molecule has 0 radical (unpaired) electrons. The predicted molar refractivity (Wildman–Crippen MR) is 73.4 cm³/mol. The van der Waals surface area contributed by atoms with E-state index in [2.05, 4.69) is 27.8 Å². The lowest BCUT2D eigenvalue weighted by molar-refractivity contribution is -0.138. The lowest BCUT2D eigenvalue weighted by Gasteiger charge is -2.10. The normalized spacial score (nSPS) is 9.82. The summed E-state index contributed by atoms with van der Waals surface area (Å²) in [5, 5.41) is 3.67. The molecule has 0 aliphatic heterocycles. The first-order valence-corrected chi connectivity index (χ1v) is 6.26. The van der Waals surface area contributed by atoms with Gasteiger partial charge in [0.1, 0.15) is 0 Å². The van der Waals surface area contributed by atoms with Crippen molar-refractivity contribution in [2.24, 2.45) is 0 Å². The molecule has 1 N–H and O–H groups in total. The van der Waals surface area contributed by atoms with Gasteiger partial charge in [-0.1, -0.05) is 24.2 Å². The second-order valence-corrected chi connectivity index (χ2v) is 4.48. The first-order chi connectivity index (χ1) is 8.06. The number of esters is 1. The summed E-state index contributed by atoms with van der Waals surface area (Å²) in [6, 6.07) is 5.45. The molecule has 0 atom stereocenters. The number of halogens is 2. The van der Waals surface area contributed by atoms with Crippen LogP contribution in [-0.4, -0.2) is 19.1 Å². The molecule has 17 heavy (non-hydrogen) atoms. The minimum Gasteiger partial charge on any atom is -0.463 e. The van der Waals surface area contributed by atoms with Gasteiger partial charge in [0.2, 0.25) is 0 Å². The first kappa shape index (κ1) is 14.1. The predicted octanol–water partition coefficient (Wildman–Crippen LogP) is 3.63. The lowest BCUT2D eigenvalue weighted by atomic mass is 10.2. The van der Waals surface area contributed by atoms with Crippen LogP contribution in [0.4, 0.5) is 5.69 Å². The highest BCUT2D eigenvalue weighted by molar-refractivity contribution is 9.10. The summed E-state index contributed by atoms with van der Waals surface area (Å²) in [7, 11) is 0. The number of ether oxygens (including phenoxy) is 1. The van der Waals surface area contributed by atoms with Gasteiger partial charge in [0.15, 0.2) is 0 Å². The number of benzene rings is 1. The van der Waals surface area contributed by atoms with Crippen LogP contribution in [0, 0.1) is 0 Å². The van der Waals surface area contributed by atoms with E-state index < -0.39 is 5.97 Å². The van der Waals surface area contributed by atoms with Crippen molar-refractivity contribution in [3.05, 3.63) is 39.8 Å². The molecule has 1 aromatic rings. The van der Waals surface area contributed by atoms with Gasteiger partial charge >= 0.3 is 5.97 Å².